The molecule has 2 aromatic carbocycles. The first-order chi connectivity index (χ1) is 18.3. The molecule has 2 saturated heterocycles. The number of carbonyl (C=O) groups excluding carboxylic acids is 3. The summed E-state index contributed by atoms with van der Waals surface area (Å²) in [5.41, 5.74) is 7.65. The number of amides is 3. The topological polar surface area (TPSA) is 150 Å². The number of morpholine rings is 1. The second-order valence-corrected chi connectivity index (χ2v) is 9.55. The van der Waals surface area contributed by atoms with Crippen molar-refractivity contribution in [1.82, 2.24) is 9.88 Å². The number of nitrogen functional groups attached to an aromatic ring is 1. The zero-order valence-electron chi connectivity index (χ0n) is 21.1. The third kappa shape index (κ3) is 5.21. The maximum Gasteiger partial charge on any atom is 0.259 e. The summed E-state index contributed by atoms with van der Waals surface area (Å²) < 4.78 is 10.9. The number of nitrogens with zero attached hydrogens (tertiary/aromatic N) is 2. The lowest BCUT2D eigenvalue weighted by molar-refractivity contribution is -0.150. The largest absolute Gasteiger partial charge is 0.385 e. The first kappa shape index (κ1) is 25.7. The molecule has 0 aliphatic carbocycles. The van der Waals surface area contributed by atoms with Crippen LogP contribution in [0.15, 0.2) is 48.7 Å². The Kier molecular flexibility index (Phi) is 7.32. The van der Waals surface area contributed by atoms with Crippen molar-refractivity contribution < 1.29 is 29.0 Å². The number of likely N-dealkylation sites (tertiary alicyclic amines) is 1. The lowest BCUT2D eigenvalue weighted by Crippen LogP contribution is -2.55. The van der Waals surface area contributed by atoms with Gasteiger partial charge < -0.3 is 40.4 Å². The summed E-state index contributed by atoms with van der Waals surface area (Å²) in [5, 5.41) is 15.0. The van der Waals surface area contributed by atoms with E-state index in [1.54, 1.807) is 54.6 Å². The van der Waals surface area contributed by atoms with Crippen molar-refractivity contribution in [3.63, 3.8) is 0 Å². The van der Waals surface area contributed by atoms with Crippen molar-refractivity contribution in [3.8, 4) is 0 Å². The van der Waals surface area contributed by atoms with Gasteiger partial charge >= 0.3 is 0 Å². The van der Waals surface area contributed by atoms with Gasteiger partial charge in [-0.25, -0.2) is 0 Å². The maximum atomic E-state index is 13.3. The number of aliphatic hydroxyl groups is 1. The van der Waals surface area contributed by atoms with Gasteiger partial charge in [-0.1, -0.05) is 12.1 Å². The minimum atomic E-state index is -1.72. The fourth-order valence-electron chi connectivity index (χ4n) is 4.95. The number of benzene rings is 2. The average molecular weight is 522 g/mol. The van der Waals surface area contributed by atoms with E-state index in [-0.39, 0.29) is 31.6 Å². The van der Waals surface area contributed by atoms with Gasteiger partial charge in [-0.2, -0.15) is 0 Å². The number of nitrogens with one attached hydrogen (secondary N) is 2. The molecular weight excluding hydrogens is 490 g/mol. The Bertz CT molecular complexity index is 1360. The van der Waals surface area contributed by atoms with E-state index in [0.29, 0.717) is 30.3 Å². The lowest BCUT2D eigenvalue weighted by Gasteiger charge is -2.34. The molecule has 0 saturated carbocycles. The minimum Gasteiger partial charge on any atom is -0.385 e. The molecular formula is C27H31N5O6. The van der Waals surface area contributed by atoms with Gasteiger partial charge in [0.1, 0.15) is 5.82 Å². The number of hydrogen-bond donors (Lipinski definition) is 4. The van der Waals surface area contributed by atoms with E-state index in [2.05, 4.69) is 10.3 Å². The van der Waals surface area contributed by atoms with Crippen LogP contribution in [0.3, 0.4) is 0 Å². The highest BCUT2D eigenvalue weighted by Crippen LogP contribution is 2.25. The SMILES string of the molecule is CO[C@H]1CCN(C(=O)Cc2cccc(N3CCO[C@H]([C@@H](O)C(=O)Nc4ccc5c(N)[nH]cc5c4)C3=O)c2)C1. The molecule has 0 bridgehead atoms. The Labute approximate surface area is 219 Å². The average Bonchev–Trinajstić information content (AvgIpc) is 3.55. The van der Waals surface area contributed by atoms with Gasteiger partial charge in [-0.15, -0.1) is 0 Å². The molecule has 3 heterocycles. The zero-order chi connectivity index (χ0) is 26.8. The summed E-state index contributed by atoms with van der Waals surface area (Å²) in [6.07, 6.45) is -0.286. The van der Waals surface area contributed by atoms with Crippen LogP contribution in [0.25, 0.3) is 10.8 Å². The molecule has 3 aromatic rings. The van der Waals surface area contributed by atoms with Crippen molar-refractivity contribution >= 4 is 45.7 Å². The van der Waals surface area contributed by atoms with Crippen LogP contribution in [-0.2, 0) is 30.3 Å². The maximum absolute atomic E-state index is 13.3. The third-order valence-corrected chi connectivity index (χ3v) is 7.08. The molecule has 0 radical (unpaired) electrons. The number of ether oxygens (including phenoxy) is 2. The molecule has 2 aliphatic heterocycles. The van der Waals surface area contributed by atoms with E-state index in [9.17, 15) is 19.5 Å². The molecule has 11 heteroatoms. The number of fused-ring (bicyclic) bond motifs is 1. The number of nitrogens with two attached hydrogens (primary N) is 1. The highest BCUT2D eigenvalue weighted by molar-refractivity contribution is 6.04. The van der Waals surface area contributed by atoms with E-state index >= 15 is 0 Å². The number of rotatable bonds is 7. The Morgan fingerprint density at radius 1 is 1.26 bits per heavy atom. The first-order valence-electron chi connectivity index (χ1n) is 12.5. The standard InChI is InChI=1S/C27H31N5O6/c1-37-20-7-8-31(15-20)22(33)12-16-3-2-4-19(11-16)32-9-10-38-24(27(32)36)23(34)26(35)30-18-5-6-21-17(13-18)14-29-25(21)28/h2-6,11,13-14,20,23-24,29,34H,7-10,12,15,28H2,1H3,(H,30,35)/t20-,23+,24+/m0/s1. The molecule has 0 spiro atoms. The Hall–Kier alpha value is -3.93. The number of hydrogen-bond acceptors (Lipinski definition) is 7. The van der Waals surface area contributed by atoms with Crippen LogP contribution >= 0.6 is 0 Å². The third-order valence-electron chi connectivity index (χ3n) is 7.08. The van der Waals surface area contributed by atoms with Crippen LogP contribution in [0.4, 0.5) is 17.2 Å². The second kappa shape index (κ2) is 10.8. The highest BCUT2D eigenvalue weighted by atomic mass is 16.5. The van der Waals surface area contributed by atoms with Crippen LogP contribution in [0.1, 0.15) is 12.0 Å². The van der Waals surface area contributed by atoms with Crippen LogP contribution < -0.4 is 16.0 Å². The summed E-state index contributed by atoms with van der Waals surface area (Å²) in [6.45, 7) is 1.64. The Balaban J connectivity index is 1.24. The molecule has 38 heavy (non-hydrogen) atoms. The highest BCUT2D eigenvalue weighted by Gasteiger charge is 2.39. The predicted octanol–water partition coefficient (Wildman–Crippen LogP) is 1.27. The summed E-state index contributed by atoms with van der Waals surface area (Å²) in [7, 11) is 1.65. The molecule has 2 aliphatic rings. The van der Waals surface area contributed by atoms with E-state index in [0.717, 1.165) is 22.8 Å². The van der Waals surface area contributed by atoms with Gasteiger partial charge in [0.15, 0.2) is 12.2 Å². The molecule has 0 unspecified atom stereocenters. The van der Waals surface area contributed by atoms with E-state index in [1.807, 2.05) is 6.07 Å². The number of aliphatic hydroxyl groups excluding tert-OH is 1. The second-order valence-electron chi connectivity index (χ2n) is 9.55. The molecule has 5 N–H and O–H groups in total. The molecule has 11 nitrogen and oxygen atoms in total. The van der Waals surface area contributed by atoms with Crippen LogP contribution in [0.2, 0.25) is 0 Å². The fraction of sp³-hybridized carbons (Fsp3) is 0.370. The van der Waals surface area contributed by atoms with Crippen LogP contribution in [0, 0.1) is 0 Å². The molecule has 5 rings (SSSR count). The van der Waals surface area contributed by atoms with Gasteiger partial charge in [0.05, 0.1) is 19.1 Å². The molecule has 3 atom stereocenters. The normalized spacial score (nSPS) is 20.6. The monoisotopic (exact) mass is 521 g/mol. The number of anilines is 3. The van der Waals surface area contributed by atoms with Crippen molar-refractivity contribution in [2.45, 2.75) is 31.2 Å². The molecule has 1 aromatic heterocycles. The predicted molar refractivity (Wildman–Crippen MR) is 142 cm³/mol. The summed E-state index contributed by atoms with van der Waals surface area (Å²) in [5.74, 6) is -0.769. The number of carbonyl (C=O) groups is 3. The minimum absolute atomic E-state index is 0.000451. The smallest absolute Gasteiger partial charge is 0.259 e. The van der Waals surface area contributed by atoms with Gasteiger partial charge in [0.25, 0.3) is 11.8 Å². The first-order valence-corrected chi connectivity index (χ1v) is 12.5. The van der Waals surface area contributed by atoms with Crippen molar-refractivity contribution in [1.29, 1.82) is 0 Å². The number of aromatic amines is 1. The number of methoxy groups -OCH3 is 1. The lowest BCUT2D eigenvalue weighted by atomic mass is 10.1. The molecule has 2 fully saturated rings. The summed E-state index contributed by atoms with van der Waals surface area (Å²) >= 11 is 0. The van der Waals surface area contributed by atoms with Crippen LogP contribution in [-0.4, -0.2) is 84.4 Å². The van der Waals surface area contributed by atoms with Gasteiger partial charge in [-0.05, 0) is 42.3 Å². The molecule has 200 valence electrons. The van der Waals surface area contributed by atoms with Gasteiger partial charge in [0, 0.05) is 55.1 Å². The van der Waals surface area contributed by atoms with E-state index in [1.165, 1.54) is 4.90 Å². The van der Waals surface area contributed by atoms with Crippen molar-refractivity contribution in [3.05, 3.63) is 54.2 Å². The van der Waals surface area contributed by atoms with E-state index < -0.39 is 24.0 Å². The van der Waals surface area contributed by atoms with Gasteiger partial charge in [-0.3, -0.25) is 14.4 Å². The van der Waals surface area contributed by atoms with E-state index in [4.69, 9.17) is 15.2 Å². The van der Waals surface area contributed by atoms with Crippen molar-refractivity contribution in [2.75, 3.05) is 49.3 Å². The zero-order valence-corrected chi connectivity index (χ0v) is 21.1. The quantitative estimate of drug-likeness (QED) is 0.366. The van der Waals surface area contributed by atoms with Gasteiger partial charge in [0.2, 0.25) is 5.91 Å². The molecule has 3 amide bonds. The van der Waals surface area contributed by atoms with Crippen molar-refractivity contribution in [2.24, 2.45) is 0 Å². The number of H-pyrrole nitrogens is 1. The number of aromatic nitrogens is 1. The fourth-order valence-corrected chi connectivity index (χ4v) is 4.95. The van der Waals surface area contributed by atoms with Crippen LogP contribution in [0.5, 0.6) is 0 Å². The Morgan fingerprint density at radius 3 is 2.89 bits per heavy atom. The summed E-state index contributed by atoms with van der Waals surface area (Å²) in [6, 6.07) is 12.3. The Morgan fingerprint density at radius 2 is 2.11 bits per heavy atom. The summed E-state index contributed by atoms with van der Waals surface area (Å²) in [4.78, 5) is 45.0.